The van der Waals surface area contributed by atoms with E-state index in [1.54, 1.807) is 24.3 Å². The Kier molecular flexibility index (Phi) is 5.97. The fourth-order valence-electron chi connectivity index (χ4n) is 3.78. The molecule has 2 aliphatic heterocycles. The van der Waals surface area contributed by atoms with Crippen LogP contribution in [0.15, 0.2) is 41.3 Å². The molecule has 2 aliphatic rings. The highest BCUT2D eigenvalue weighted by molar-refractivity contribution is 7.54. The fourth-order valence-corrected chi connectivity index (χ4v) is 6.44. The first-order valence-corrected chi connectivity index (χ1v) is 11.3. The van der Waals surface area contributed by atoms with Crippen LogP contribution in [0.5, 0.6) is 0 Å². The van der Waals surface area contributed by atoms with E-state index in [1.165, 1.54) is 6.07 Å². The molecule has 0 saturated carbocycles. The summed E-state index contributed by atoms with van der Waals surface area (Å²) >= 11 is 6.05. The normalized spacial score (nSPS) is 35.9. The number of aliphatic hydroxyl groups is 3. The van der Waals surface area contributed by atoms with Crippen molar-refractivity contribution in [3.8, 4) is 0 Å². The summed E-state index contributed by atoms with van der Waals surface area (Å²) in [5, 5.41) is 31.4. The van der Waals surface area contributed by atoms with Gasteiger partial charge < -0.3 is 30.3 Å². The van der Waals surface area contributed by atoms with E-state index in [0.29, 0.717) is 21.6 Å². The molecule has 3 heterocycles. The van der Waals surface area contributed by atoms with Crippen molar-refractivity contribution in [2.45, 2.75) is 36.3 Å². The fraction of sp³-hybridized carbons (Fsp3) is 0.444. The van der Waals surface area contributed by atoms with Gasteiger partial charge in [0.1, 0.15) is 24.1 Å². The van der Waals surface area contributed by atoms with Crippen LogP contribution in [0.25, 0.3) is 0 Å². The molecule has 5 N–H and O–H groups in total. The van der Waals surface area contributed by atoms with Crippen molar-refractivity contribution < 1.29 is 33.7 Å². The Balaban J connectivity index is 1.85. The van der Waals surface area contributed by atoms with E-state index in [2.05, 4.69) is 4.98 Å². The van der Waals surface area contributed by atoms with Crippen molar-refractivity contribution >= 4 is 25.0 Å². The summed E-state index contributed by atoms with van der Waals surface area (Å²) in [4.78, 5) is 16.2. The number of aromatic nitrogens is 2. The molecule has 168 valence electrons. The zero-order valence-electron chi connectivity index (χ0n) is 16.1. The Labute approximate surface area is 181 Å². The van der Waals surface area contributed by atoms with E-state index >= 15 is 0 Å². The lowest BCUT2D eigenvalue weighted by Gasteiger charge is -2.42. The lowest BCUT2D eigenvalue weighted by atomic mass is 10.1. The third-order valence-electron chi connectivity index (χ3n) is 5.28. The highest BCUT2D eigenvalue weighted by atomic mass is 35.5. The highest BCUT2D eigenvalue weighted by Gasteiger charge is 2.69. The molecular formula is C18H21ClN3O8P. The molecule has 13 heteroatoms. The van der Waals surface area contributed by atoms with Crippen LogP contribution in [0.2, 0.25) is 5.02 Å². The number of anilines is 1. The molecule has 0 aliphatic carbocycles. The summed E-state index contributed by atoms with van der Waals surface area (Å²) < 4.78 is 31.8. The van der Waals surface area contributed by atoms with Crippen molar-refractivity contribution in [1.29, 1.82) is 0 Å². The standard InChI is InChI=1S/C18H21ClN3O8P/c19-11-3-1-2-10(8-11)12-5-7-28-31(27,30-12)18(16(25)15(24)13(9-23)29-18)22-6-4-14(20)21-17(22)26/h1-4,6,8,12-13,15-16,23-25H,5,7,9H2,(H2,20,21,26)/t12-,13+,15+,16+,18-,31?/m0/s1. The third kappa shape index (κ3) is 3.61. The number of hydrogen-bond donors (Lipinski definition) is 4. The molecule has 2 fully saturated rings. The van der Waals surface area contributed by atoms with Crippen molar-refractivity contribution in [3.63, 3.8) is 0 Å². The van der Waals surface area contributed by atoms with Gasteiger partial charge in [-0.15, -0.1) is 0 Å². The second-order valence-electron chi connectivity index (χ2n) is 7.21. The molecule has 0 spiro atoms. The lowest BCUT2D eigenvalue weighted by molar-refractivity contribution is -0.117. The van der Waals surface area contributed by atoms with Crippen LogP contribution in [0.1, 0.15) is 18.1 Å². The number of hydrogen-bond acceptors (Lipinski definition) is 10. The van der Waals surface area contributed by atoms with Gasteiger partial charge in [0.2, 0.25) is 0 Å². The summed E-state index contributed by atoms with van der Waals surface area (Å²) in [5.74, 6) is -0.122. The number of ether oxygens (including phenoxy) is 1. The SMILES string of the molecule is Nc1ccn([C@]2(P3(=O)OCC[C@@H](c4cccc(Cl)c4)O3)O[C@H](CO)[C@@H](O)[C@H]2O)c(=O)n1. The molecule has 1 unspecified atom stereocenters. The van der Waals surface area contributed by atoms with Crippen LogP contribution < -0.4 is 11.4 Å². The number of nitrogens with zero attached hydrogens (tertiary/aromatic N) is 2. The minimum atomic E-state index is -4.54. The maximum absolute atomic E-state index is 14.1. The molecular weight excluding hydrogens is 453 g/mol. The summed E-state index contributed by atoms with van der Waals surface area (Å²) in [6, 6.07) is 7.92. The van der Waals surface area contributed by atoms with E-state index in [0.717, 1.165) is 6.20 Å². The number of aliphatic hydroxyl groups excluding tert-OH is 3. The average Bonchev–Trinajstić information content (AvgIpc) is 3.00. The quantitative estimate of drug-likeness (QED) is 0.461. The van der Waals surface area contributed by atoms with Crippen LogP contribution in [-0.2, 0) is 23.8 Å². The Bertz CT molecular complexity index is 1080. The summed E-state index contributed by atoms with van der Waals surface area (Å²) in [7, 11) is -4.54. The molecule has 1 aromatic carbocycles. The van der Waals surface area contributed by atoms with Crippen LogP contribution in [0.3, 0.4) is 0 Å². The van der Waals surface area contributed by atoms with Gasteiger partial charge >= 0.3 is 13.3 Å². The van der Waals surface area contributed by atoms with Gasteiger partial charge in [0, 0.05) is 17.6 Å². The zero-order chi connectivity index (χ0) is 22.4. The van der Waals surface area contributed by atoms with Gasteiger partial charge in [0.15, 0.2) is 0 Å². The summed E-state index contributed by atoms with van der Waals surface area (Å²) in [6.45, 7) is -0.793. The summed E-state index contributed by atoms with van der Waals surface area (Å²) in [5.41, 5.74) is 2.62. The first-order chi connectivity index (χ1) is 14.7. The van der Waals surface area contributed by atoms with Crippen LogP contribution in [0, 0.1) is 0 Å². The molecule has 4 rings (SSSR count). The maximum atomic E-state index is 14.1. The Morgan fingerprint density at radius 1 is 1.35 bits per heavy atom. The molecule has 0 bridgehead atoms. The molecule has 1 aromatic heterocycles. The minimum absolute atomic E-state index is 0.0661. The Morgan fingerprint density at radius 2 is 2.13 bits per heavy atom. The van der Waals surface area contributed by atoms with E-state index in [1.807, 2.05) is 0 Å². The van der Waals surface area contributed by atoms with Gasteiger partial charge in [-0.05, 0) is 23.8 Å². The monoisotopic (exact) mass is 473 g/mol. The first-order valence-electron chi connectivity index (χ1n) is 9.41. The van der Waals surface area contributed by atoms with E-state index in [4.69, 9.17) is 31.1 Å². The van der Waals surface area contributed by atoms with Gasteiger partial charge in [-0.25, -0.2) is 4.79 Å². The van der Waals surface area contributed by atoms with Crippen molar-refractivity contribution in [1.82, 2.24) is 9.55 Å². The number of benzene rings is 1. The number of nitrogen functional groups attached to an aromatic ring is 1. The molecule has 2 saturated heterocycles. The second-order valence-corrected chi connectivity index (χ2v) is 9.75. The number of nitrogens with two attached hydrogens (primary N) is 1. The average molecular weight is 474 g/mol. The van der Waals surface area contributed by atoms with E-state index < -0.39 is 49.8 Å². The first kappa shape index (κ1) is 22.4. The van der Waals surface area contributed by atoms with Gasteiger partial charge in [-0.3, -0.25) is 13.7 Å². The summed E-state index contributed by atoms with van der Waals surface area (Å²) in [6.07, 6.45) is -4.39. The lowest BCUT2D eigenvalue weighted by Crippen LogP contribution is -2.51. The molecule has 11 nitrogen and oxygen atoms in total. The second kappa shape index (κ2) is 8.27. The molecule has 31 heavy (non-hydrogen) atoms. The van der Waals surface area contributed by atoms with E-state index in [9.17, 15) is 24.7 Å². The molecule has 0 radical (unpaired) electrons. The topological polar surface area (TPSA) is 166 Å². The highest BCUT2D eigenvalue weighted by Crippen LogP contribution is 2.70. The molecule has 2 aromatic rings. The van der Waals surface area contributed by atoms with Gasteiger partial charge in [-0.1, -0.05) is 23.7 Å². The molecule has 0 amide bonds. The predicted molar refractivity (Wildman–Crippen MR) is 108 cm³/mol. The van der Waals surface area contributed by atoms with Crippen LogP contribution in [0.4, 0.5) is 5.82 Å². The van der Waals surface area contributed by atoms with Gasteiger partial charge in [0.05, 0.1) is 19.3 Å². The number of halogens is 1. The van der Waals surface area contributed by atoms with Crippen molar-refractivity contribution in [2.24, 2.45) is 0 Å². The predicted octanol–water partition coefficient (Wildman–Crippen LogP) is 0.573. The zero-order valence-corrected chi connectivity index (χ0v) is 17.7. The van der Waals surface area contributed by atoms with Crippen molar-refractivity contribution in [2.75, 3.05) is 18.9 Å². The van der Waals surface area contributed by atoms with Gasteiger partial charge in [-0.2, -0.15) is 4.98 Å². The van der Waals surface area contributed by atoms with Crippen LogP contribution >= 0.6 is 19.2 Å². The number of rotatable bonds is 4. The minimum Gasteiger partial charge on any atom is -0.394 e. The smallest absolute Gasteiger partial charge is 0.387 e. The van der Waals surface area contributed by atoms with Gasteiger partial charge in [0.25, 0.3) is 5.47 Å². The maximum Gasteiger partial charge on any atom is 0.387 e. The Hall–Kier alpha value is -1.82. The van der Waals surface area contributed by atoms with Crippen molar-refractivity contribution in [3.05, 3.63) is 57.6 Å². The largest absolute Gasteiger partial charge is 0.394 e. The molecule has 6 atom stereocenters. The third-order valence-corrected chi connectivity index (χ3v) is 7.94. The van der Waals surface area contributed by atoms with Crippen LogP contribution in [-0.4, -0.2) is 56.4 Å². The Morgan fingerprint density at radius 3 is 2.77 bits per heavy atom. The van der Waals surface area contributed by atoms with E-state index in [-0.39, 0.29) is 12.4 Å².